The maximum atomic E-state index is 11.5. The van der Waals surface area contributed by atoms with Gasteiger partial charge in [0, 0.05) is 5.56 Å². The molecule has 0 bridgehead atoms. The highest BCUT2D eigenvalue weighted by Gasteiger charge is 2.32. The minimum absolute atomic E-state index is 0.134. The van der Waals surface area contributed by atoms with Crippen LogP contribution in [0.3, 0.4) is 0 Å². The second-order valence-corrected chi connectivity index (χ2v) is 5.73. The number of amidine groups is 1. The number of rotatable bonds is 5. The molecule has 1 fully saturated rings. The topological polar surface area (TPSA) is 152 Å². The summed E-state index contributed by atoms with van der Waals surface area (Å²) in [5, 5.41) is 45.7. The average molecular weight is 337 g/mol. The van der Waals surface area contributed by atoms with E-state index in [-0.39, 0.29) is 28.4 Å². The maximum absolute atomic E-state index is 11.5. The Balaban J connectivity index is 2.08. The minimum Gasteiger partial charge on any atom is -0.507 e. The first-order valence-electron chi connectivity index (χ1n) is 6.36. The molecule has 0 aliphatic carbocycles. The molecule has 1 amide bonds. The number of phenols is 1. The van der Waals surface area contributed by atoms with E-state index in [2.05, 4.69) is 15.5 Å². The molecular formula is C12H12BN3O6S. The van der Waals surface area contributed by atoms with E-state index >= 15 is 0 Å². The number of hydrogen-bond donors (Lipinski definition) is 5. The molecule has 120 valence electrons. The standard InChI is InChI=1S/C12H12BN3O6S/c17-8-2-1-7(13(21)22)3-6(8)5-14-16-12-15-11(20)9(23-12)4-10(18)19/h1-3,5,9,17,21-22H,4H2,(H,18,19)(H,15,16,20). The molecular weight excluding hydrogens is 325 g/mol. The first-order chi connectivity index (χ1) is 10.9. The highest BCUT2D eigenvalue weighted by atomic mass is 32.2. The van der Waals surface area contributed by atoms with E-state index in [0.717, 1.165) is 11.8 Å². The van der Waals surface area contributed by atoms with Crippen LogP contribution in [-0.2, 0) is 9.59 Å². The third-order valence-electron chi connectivity index (χ3n) is 2.83. The van der Waals surface area contributed by atoms with Gasteiger partial charge >= 0.3 is 13.1 Å². The van der Waals surface area contributed by atoms with Crippen LogP contribution in [0.15, 0.2) is 28.4 Å². The summed E-state index contributed by atoms with van der Waals surface area (Å²) >= 11 is 0.947. The van der Waals surface area contributed by atoms with Gasteiger partial charge in [-0.15, -0.1) is 5.10 Å². The summed E-state index contributed by atoms with van der Waals surface area (Å²) in [7, 11) is -1.68. The second kappa shape index (κ2) is 7.27. The van der Waals surface area contributed by atoms with Crippen LogP contribution in [0, 0.1) is 0 Å². The summed E-state index contributed by atoms with van der Waals surface area (Å²) in [5.41, 5.74) is 0.373. The van der Waals surface area contributed by atoms with Gasteiger partial charge in [-0.25, -0.2) is 0 Å². The summed E-state index contributed by atoms with van der Waals surface area (Å²) in [4.78, 5) is 22.1. The molecule has 0 saturated carbocycles. The fraction of sp³-hybridized carbons (Fsp3) is 0.167. The predicted octanol–water partition coefficient (Wildman–Crippen LogP) is -1.53. The van der Waals surface area contributed by atoms with E-state index in [1.807, 2.05) is 0 Å². The molecule has 1 aliphatic rings. The first-order valence-corrected chi connectivity index (χ1v) is 7.24. The summed E-state index contributed by atoms with van der Waals surface area (Å²) < 4.78 is 0. The van der Waals surface area contributed by atoms with Gasteiger partial charge in [-0.3, -0.25) is 9.59 Å². The zero-order valence-electron chi connectivity index (χ0n) is 11.6. The van der Waals surface area contributed by atoms with Crippen molar-refractivity contribution in [3.63, 3.8) is 0 Å². The van der Waals surface area contributed by atoms with Crippen LogP contribution in [0.2, 0.25) is 0 Å². The second-order valence-electron chi connectivity index (χ2n) is 4.54. The molecule has 1 heterocycles. The number of carboxylic acids is 1. The normalized spacial score (nSPS) is 19.3. The number of nitrogens with one attached hydrogen (secondary N) is 1. The molecule has 1 atom stereocenters. The molecule has 1 aliphatic heterocycles. The Bertz CT molecular complexity index is 693. The van der Waals surface area contributed by atoms with Crippen LogP contribution in [0.25, 0.3) is 0 Å². The molecule has 1 aromatic rings. The SMILES string of the molecule is O=C(O)CC1SC(=NN=Cc2cc(B(O)O)ccc2O)NC1=O. The Morgan fingerprint density at radius 2 is 2.17 bits per heavy atom. The van der Waals surface area contributed by atoms with Gasteiger partial charge in [0.25, 0.3) is 0 Å². The molecule has 9 nitrogen and oxygen atoms in total. The number of carboxylic acid groups (broad SMARTS) is 1. The number of aliphatic carboxylic acids is 1. The number of benzene rings is 1. The Morgan fingerprint density at radius 1 is 1.43 bits per heavy atom. The maximum Gasteiger partial charge on any atom is 0.488 e. The van der Waals surface area contributed by atoms with Crippen LogP contribution >= 0.6 is 11.8 Å². The van der Waals surface area contributed by atoms with Crippen LogP contribution in [0.1, 0.15) is 12.0 Å². The van der Waals surface area contributed by atoms with Gasteiger partial charge in [0.1, 0.15) is 11.0 Å². The zero-order chi connectivity index (χ0) is 17.0. The van der Waals surface area contributed by atoms with Crippen molar-refractivity contribution in [3.05, 3.63) is 23.8 Å². The molecule has 2 rings (SSSR count). The van der Waals surface area contributed by atoms with E-state index in [4.69, 9.17) is 15.2 Å². The number of carbonyl (C=O) groups is 2. The number of carbonyl (C=O) groups excluding carboxylic acids is 1. The molecule has 23 heavy (non-hydrogen) atoms. The van der Waals surface area contributed by atoms with Crippen LogP contribution in [0.5, 0.6) is 5.75 Å². The number of phenolic OH excluding ortho intramolecular Hbond substituents is 1. The zero-order valence-corrected chi connectivity index (χ0v) is 12.4. The van der Waals surface area contributed by atoms with Crippen molar-refractivity contribution >= 4 is 47.6 Å². The molecule has 5 N–H and O–H groups in total. The number of amides is 1. The van der Waals surface area contributed by atoms with Crippen molar-refractivity contribution in [2.24, 2.45) is 10.2 Å². The van der Waals surface area contributed by atoms with E-state index < -0.39 is 24.2 Å². The number of hydrogen-bond acceptors (Lipinski definition) is 8. The summed E-state index contributed by atoms with van der Waals surface area (Å²) in [6.45, 7) is 0. The van der Waals surface area contributed by atoms with Crippen LogP contribution < -0.4 is 10.8 Å². The van der Waals surface area contributed by atoms with E-state index in [1.54, 1.807) is 0 Å². The van der Waals surface area contributed by atoms with Crippen molar-refractivity contribution in [1.29, 1.82) is 0 Å². The Morgan fingerprint density at radius 3 is 2.83 bits per heavy atom. The lowest BCUT2D eigenvalue weighted by molar-refractivity contribution is -0.138. The third kappa shape index (κ3) is 4.55. The van der Waals surface area contributed by atoms with Gasteiger partial charge in [0.2, 0.25) is 5.91 Å². The Hall–Kier alpha value is -2.37. The predicted molar refractivity (Wildman–Crippen MR) is 84.7 cm³/mol. The van der Waals surface area contributed by atoms with Gasteiger partial charge in [0.05, 0.1) is 12.6 Å². The smallest absolute Gasteiger partial charge is 0.488 e. The Kier molecular flexibility index (Phi) is 5.37. The van der Waals surface area contributed by atoms with E-state index in [9.17, 15) is 14.7 Å². The van der Waals surface area contributed by atoms with E-state index in [1.165, 1.54) is 24.4 Å². The molecule has 1 aromatic carbocycles. The molecule has 0 radical (unpaired) electrons. The van der Waals surface area contributed by atoms with Crippen molar-refractivity contribution in [1.82, 2.24) is 5.32 Å². The van der Waals surface area contributed by atoms with Crippen LogP contribution in [0.4, 0.5) is 0 Å². The van der Waals surface area contributed by atoms with Crippen molar-refractivity contribution < 1.29 is 29.9 Å². The van der Waals surface area contributed by atoms with E-state index in [0.29, 0.717) is 0 Å². The highest BCUT2D eigenvalue weighted by molar-refractivity contribution is 8.15. The van der Waals surface area contributed by atoms with Crippen molar-refractivity contribution in [3.8, 4) is 5.75 Å². The highest BCUT2D eigenvalue weighted by Crippen LogP contribution is 2.22. The lowest BCUT2D eigenvalue weighted by atomic mass is 9.79. The molecule has 1 unspecified atom stereocenters. The van der Waals surface area contributed by atoms with Gasteiger partial charge in [-0.05, 0) is 17.6 Å². The summed E-state index contributed by atoms with van der Waals surface area (Å²) in [6.07, 6.45) is 0.849. The quantitative estimate of drug-likeness (QED) is 0.248. The summed E-state index contributed by atoms with van der Waals surface area (Å²) in [6, 6.07) is 3.93. The monoisotopic (exact) mass is 337 g/mol. The molecule has 0 aromatic heterocycles. The number of nitrogens with zero attached hydrogens (tertiary/aromatic N) is 2. The van der Waals surface area contributed by atoms with Crippen molar-refractivity contribution in [2.45, 2.75) is 11.7 Å². The largest absolute Gasteiger partial charge is 0.507 e. The van der Waals surface area contributed by atoms with Gasteiger partial charge in [-0.2, -0.15) is 5.10 Å². The fourth-order valence-electron chi connectivity index (χ4n) is 1.73. The minimum atomic E-state index is -1.68. The van der Waals surface area contributed by atoms with Gasteiger partial charge in [-0.1, -0.05) is 17.8 Å². The van der Waals surface area contributed by atoms with Gasteiger partial charge in [0.15, 0.2) is 5.17 Å². The number of thioether (sulfide) groups is 1. The fourth-order valence-corrected chi connectivity index (χ4v) is 2.64. The van der Waals surface area contributed by atoms with Crippen LogP contribution in [-0.4, -0.2) is 55.9 Å². The number of aromatic hydroxyl groups is 1. The first kappa shape index (κ1) is 17.0. The van der Waals surface area contributed by atoms with Gasteiger partial charge < -0.3 is 25.6 Å². The van der Waals surface area contributed by atoms with Crippen molar-refractivity contribution in [2.75, 3.05) is 0 Å². The summed E-state index contributed by atoms with van der Waals surface area (Å²) in [5.74, 6) is -1.68. The average Bonchev–Trinajstić information content (AvgIpc) is 2.80. The lowest BCUT2D eigenvalue weighted by Crippen LogP contribution is -2.29. The molecule has 11 heteroatoms. The Labute approximate surface area is 134 Å². The lowest BCUT2D eigenvalue weighted by Gasteiger charge is -2.02. The third-order valence-corrected chi connectivity index (χ3v) is 3.90. The molecule has 1 saturated heterocycles. The molecule has 0 spiro atoms.